The fraction of sp³-hybridized carbons (Fsp3) is 0.103. The first-order valence-electron chi connectivity index (χ1n) is 14.6. The molecule has 0 spiro atoms. The summed E-state index contributed by atoms with van der Waals surface area (Å²) in [7, 11) is 0. The highest BCUT2D eigenvalue weighted by Gasteiger charge is 2.39. The molecule has 0 saturated carbocycles. The summed E-state index contributed by atoms with van der Waals surface area (Å²) in [5, 5.41) is 2.21. The van der Waals surface area contributed by atoms with Gasteiger partial charge in [0.25, 0.3) is 0 Å². The van der Waals surface area contributed by atoms with E-state index < -0.39 is 6.17 Å². The van der Waals surface area contributed by atoms with Crippen molar-refractivity contribution in [2.75, 3.05) is 4.90 Å². The summed E-state index contributed by atoms with van der Waals surface area (Å²) in [6.07, 6.45) is 0.463. The number of alkyl halides is 1. The van der Waals surface area contributed by atoms with Crippen LogP contribution >= 0.6 is 0 Å². The van der Waals surface area contributed by atoms with Crippen LogP contribution in [0.3, 0.4) is 0 Å². The first-order valence-corrected chi connectivity index (χ1v) is 14.6. The minimum atomic E-state index is -1.29. The zero-order chi connectivity index (χ0) is 29.1. The van der Waals surface area contributed by atoms with Crippen LogP contribution in [0, 0.1) is 0 Å². The number of fused-ring (bicyclic) bond motifs is 6. The van der Waals surface area contributed by atoms with Crippen molar-refractivity contribution in [3.63, 3.8) is 0 Å². The molecule has 1 aliphatic rings. The number of hydrogen-bond donors (Lipinski definition) is 0. The van der Waals surface area contributed by atoms with Gasteiger partial charge in [0, 0.05) is 39.2 Å². The van der Waals surface area contributed by atoms with Gasteiger partial charge in [-0.1, -0.05) is 86.6 Å². The van der Waals surface area contributed by atoms with Gasteiger partial charge in [0.15, 0.2) is 6.17 Å². The van der Waals surface area contributed by atoms with E-state index >= 15 is 4.39 Å². The topological polar surface area (TPSA) is 29.3 Å². The molecule has 4 heteroatoms. The van der Waals surface area contributed by atoms with E-state index in [9.17, 15) is 0 Å². The van der Waals surface area contributed by atoms with E-state index in [1.54, 1.807) is 6.20 Å². The fourth-order valence-corrected chi connectivity index (χ4v) is 6.71. The Morgan fingerprint density at radius 2 is 1.47 bits per heavy atom. The maximum Gasteiger partial charge on any atom is 0.150 e. The van der Waals surface area contributed by atoms with E-state index in [0.717, 1.165) is 55.8 Å². The van der Waals surface area contributed by atoms with Crippen LogP contribution in [0.2, 0.25) is 0 Å². The van der Waals surface area contributed by atoms with Crippen molar-refractivity contribution in [3.05, 3.63) is 156 Å². The molecule has 1 atom stereocenters. The van der Waals surface area contributed by atoms with E-state index in [-0.39, 0.29) is 5.41 Å². The quantitative estimate of drug-likeness (QED) is 0.214. The van der Waals surface area contributed by atoms with Crippen molar-refractivity contribution in [3.8, 4) is 11.3 Å². The second-order valence-corrected chi connectivity index (χ2v) is 11.7. The molecule has 3 heterocycles. The maximum absolute atomic E-state index is 16.3. The van der Waals surface area contributed by atoms with Gasteiger partial charge in [0.2, 0.25) is 0 Å². The largest absolute Gasteiger partial charge is 0.456 e. The molecule has 7 aromatic rings. The van der Waals surface area contributed by atoms with Crippen molar-refractivity contribution >= 4 is 39.0 Å². The van der Waals surface area contributed by atoms with Crippen molar-refractivity contribution in [2.45, 2.75) is 25.4 Å². The summed E-state index contributed by atoms with van der Waals surface area (Å²) in [6.45, 7) is 4.52. The second-order valence-electron chi connectivity index (χ2n) is 11.7. The minimum absolute atomic E-state index is 0.317. The number of anilines is 3. The van der Waals surface area contributed by atoms with E-state index in [4.69, 9.17) is 4.42 Å². The Labute approximate surface area is 249 Å². The van der Waals surface area contributed by atoms with Crippen LogP contribution in [0.5, 0.6) is 0 Å². The zero-order valence-electron chi connectivity index (χ0n) is 24.0. The zero-order valence-corrected chi connectivity index (χ0v) is 24.0. The average molecular weight is 561 g/mol. The van der Waals surface area contributed by atoms with Gasteiger partial charge in [-0.15, -0.1) is 0 Å². The van der Waals surface area contributed by atoms with Crippen LogP contribution in [0.15, 0.2) is 138 Å². The van der Waals surface area contributed by atoms with Gasteiger partial charge in [-0.25, -0.2) is 4.39 Å². The smallest absolute Gasteiger partial charge is 0.150 e. The lowest BCUT2D eigenvalue weighted by atomic mass is 9.73. The number of nitrogens with zero attached hydrogens (tertiary/aromatic N) is 2. The van der Waals surface area contributed by atoms with Crippen LogP contribution < -0.4 is 4.90 Å². The van der Waals surface area contributed by atoms with Crippen molar-refractivity contribution in [1.82, 2.24) is 4.98 Å². The molecule has 0 aliphatic carbocycles. The normalized spacial score (nSPS) is 14.4. The molecule has 3 nitrogen and oxygen atoms in total. The van der Waals surface area contributed by atoms with Crippen LogP contribution in [-0.2, 0) is 5.41 Å². The van der Waals surface area contributed by atoms with Crippen LogP contribution in [0.4, 0.5) is 21.5 Å². The number of hydrogen-bond acceptors (Lipinski definition) is 3. The lowest BCUT2D eigenvalue weighted by molar-refractivity contribution is 0.402. The number of pyridine rings is 1. The van der Waals surface area contributed by atoms with E-state index in [0.29, 0.717) is 11.1 Å². The van der Waals surface area contributed by atoms with E-state index in [1.165, 1.54) is 5.56 Å². The lowest BCUT2D eigenvalue weighted by Crippen LogP contribution is -2.30. The molecular weight excluding hydrogens is 531 g/mol. The summed E-state index contributed by atoms with van der Waals surface area (Å²) in [5.74, 6) is 0. The Morgan fingerprint density at radius 3 is 2.33 bits per heavy atom. The summed E-state index contributed by atoms with van der Waals surface area (Å²) in [5.41, 5.74) is 9.73. The van der Waals surface area contributed by atoms with Gasteiger partial charge in [0.1, 0.15) is 11.2 Å². The van der Waals surface area contributed by atoms with Gasteiger partial charge >= 0.3 is 0 Å². The maximum atomic E-state index is 16.3. The van der Waals surface area contributed by atoms with Gasteiger partial charge < -0.3 is 9.32 Å². The summed E-state index contributed by atoms with van der Waals surface area (Å²) >= 11 is 0. The van der Waals surface area contributed by atoms with Crippen LogP contribution in [-0.4, -0.2) is 4.98 Å². The Bertz CT molecular complexity index is 2150. The van der Waals surface area contributed by atoms with E-state index in [2.05, 4.69) is 78.3 Å². The molecule has 1 unspecified atom stereocenters. The average Bonchev–Trinajstić information content (AvgIpc) is 3.43. The number of benzene rings is 5. The minimum Gasteiger partial charge on any atom is -0.456 e. The molecule has 43 heavy (non-hydrogen) atoms. The number of halogens is 1. The number of rotatable bonds is 4. The van der Waals surface area contributed by atoms with Gasteiger partial charge in [-0.05, 0) is 71.3 Å². The highest BCUT2D eigenvalue weighted by Crippen LogP contribution is 2.55. The molecule has 8 rings (SSSR count). The Kier molecular flexibility index (Phi) is 5.73. The Hall–Kier alpha value is -5.22. The molecule has 0 saturated heterocycles. The first kappa shape index (κ1) is 25.5. The molecule has 208 valence electrons. The number of para-hydroxylation sites is 2. The van der Waals surface area contributed by atoms with Gasteiger partial charge in [-0.3, -0.25) is 4.98 Å². The summed E-state index contributed by atoms with van der Waals surface area (Å²) < 4.78 is 22.9. The fourth-order valence-electron chi connectivity index (χ4n) is 6.71. The molecule has 5 aromatic carbocycles. The predicted octanol–water partition coefficient (Wildman–Crippen LogP) is 10.8. The lowest BCUT2D eigenvalue weighted by Gasteiger charge is -2.42. The molecule has 0 N–H and O–H groups in total. The third-order valence-electron chi connectivity index (χ3n) is 8.77. The first-order chi connectivity index (χ1) is 21.0. The standard InChI is InChI=1S/C39H29FN2O/c1-39(2)31-16-4-5-18-33(31)42(34-21-20-30-29-15-3-6-19-35(29)43-38(30)36(34)39)28-14-10-13-27(24-28)37(40)26-12-9-11-25(23-26)32-17-7-8-22-41-32/h3-24,37H,1-2H3. The van der Waals surface area contributed by atoms with E-state index in [1.807, 2.05) is 72.8 Å². The molecule has 0 bridgehead atoms. The second kappa shape index (κ2) is 9.67. The number of furan rings is 1. The predicted molar refractivity (Wildman–Crippen MR) is 173 cm³/mol. The molecule has 0 fully saturated rings. The molecular formula is C39H29FN2O. The highest BCUT2D eigenvalue weighted by molar-refractivity contribution is 6.09. The van der Waals surface area contributed by atoms with Crippen molar-refractivity contribution < 1.29 is 8.81 Å². The molecule has 0 radical (unpaired) electrons. The van der Waals surface area contributed by atoms with Gasteiger partial charge in [0.05, 0.1) is 17.1 Å². The summed E-state index contributed by atoms with van der Waals surface area (Å²) in [6, 6.07) is 42.3. The third-order valence-corrected chi connectivity index (χ3v) is 8.77. The van der Waals surface area contributed by atoms with Gasteiger partial charge in [-0.2, -0.15) is 0 Å². The Morgan fingerprint density at radius 1 is 0.698 bits per heavy atom. The van der Waals surface area contributed by atoms with Crippen molar-refractivity contribution in [2.24, 2.45) is 0 Å². The van der Waals surface area contributed by atoms with Crippen LogP contribution in [0.25, 0.3) is 33.2 Å². The number of aromatic nitrogens is 1. The third kappa shape index (κ3) is 3.98. The SMILES string of the molecule is CC1(C)c2ccccc2N(c2cccc(C(F)c3cccc(-c4ccccn4)c3)c2)c2ccc3c(oc4ccccc43)c21. The Balaban J connectivity index is 1.28. The van der Waals surface area contributed by atoms with Crippen molar-refractivity contribution in [1.29, 1.82) is 0 Å². The highest BCUT2D eigenvalue weighted by atomic mass is 19.1. The summed E-state index contributed by atoms with van der Waals surface area (Å²) in [4.78, 5) is 6.70. The molecule has 2 aromatic heterocycles. The van der Waals surface area contributed by atoms with Crippen LogP contribution in [0.1, 0.15) is 42.3 Å². The molecule has 1 aliphatic heterocycles. The monoisotopic (exact) mass is 560 g/mol. The molecule has 0 amide bonds.